The van der Waals surface area contributed by atoms with E-state index in [-0.39, 0.29) is 5.92 Å². The monoisotopic (exact) mass is 239 g/mol. The average Bonchev–Trinajstić information content (AvgIpc) is 2.74. The van der Waals surface area contributed by atoms with E-state index >= 15 is 0 Å². The van der Waals surface area contributed by atoms with Crippen LogP contribution in [-0.2, 0) is 6.42 Å². The third-order valence-electron chi connectivity index (χ3n) is 3.06. The van der Waals surface area contributed by atoms with Gasteiger partial charge >= 0.3 is 0 Å². The molecule has 0 spiro atoms. The van der Waals surface area contributed by atoms with Crippen molar-refractivity contribution < 1.29 is 4.52 Å². The minimum absolute atomic E-state index is 0.286. The fourth-order valence-electron chi connectivity index (χ4n) is 2.12. The van der Waals surface area contributed by atoms with Crippen LogP contribution in [0, 0.1) is 5.92 Å². The first kappa shape index (κ1) is 14.2. The van der Waals surface area contributed by atoms with Gasteiger partial charge in [0.25, 0.3) is 0 Å². The second kappa shape index (κ2) is 6.74. The lowest BCUT2D eigenvalue weighted by Gasteiger charge is -2.24. The Kier molecular flexibility index (Phi) is 5.62. The molecule has 1 rings (SSSR count). The van der Waals surface area contributed by atoms with Crippen LogP contribution >= 0.6 is 0 Å². The van der Waals surface area contributed by atoms with Crippen LogP contribution < -0.4 is 5.32 Å². The number of rotatable bonds is 7. The Bertz CT molecular complexity index is 322. The molecule has 2 unspecified atom stereocenters. The van der Waals surface area contributed by atoms with E-state index in [4.69, 9.17) is 4.52 Å². The van der Waals surface area contributed by atoms with E-state index in [1.165, 1.54) is 0 Å². The van der Waals surface area contributed by atoms with Gasteiger partial charge in [0.05, 0.1) is 5.92 Å². The summed E-state index contributed by atoms with van der Waals surface area (Å²) in [7, 11) is 0. The van der Waals surface area contributed by atoms with Gasteiger partial charge in [-0.3, -0.25) is 0 Å². The summed E-state index contributed by atoms with van der Waals surface area (Å²) in [5.74, 6) is 2.34. The van der Waals surface area contributed by atoms with Gasteiger partial charge in [0.2, 0.25) is 5.89 Å². The van der Waals surface area contributed by atoms with Crippen molar-refractivity contribution in [3.63, 3.8) is 0 Å². The first-order chi connectivity index (χ1) is 8.10. The largest absolute Gasteiger partial charge is 0.339 e. The number of aromatic nitrogens is 2. The number of hydrogen-bond donors (Lipinski definition) is 1. The molecule has 0 bridgehead atoms. The van der Waals surface area contributed by atoms with Crippen LogP contribution in [0.5, 0.6) is 0 Å². The molecule has 0 radical (unpaired) electrons. The Morgan fingerprint density at radius 2 is 1.94 bits per heavy atom. The van der Waals surface area contributed by atoms with Crippen molar-refractivity contribution in [1.29, 1.82) is 0 Å². The Morgan fingerprint density at radius 1 is 1.24 bits per heavy atom. The summed E-state index contributed by atoms with van der Waals surface area (Å²) in [6, 6.07) is 0.361. The van der Waals surface area contributed by atoms with Gasteiger partial charge in [-0.15, -0.1) is 0 Å². The number of aryl methyl sites for hydroxylation is 1. The quantitative estimate of drug-likeness (QED) is 0.795. The van der Waals surface area contributed by atoms with E-state index in [9.17, 15) is 0 Å². The molecule has 4 heteroatoms. The number of nitrogens with zero attached hydrogens (tertiary/aromatic N) is 2. The maximum Gasteiger partial charge on any atom is 0.231 e. The van der Waals surface area contributed by atoms with E-state index in [1.807, 2.05) is 6.92 Å². The lowest BCUT2D eigenvalue weighted by molar-refractivity contribution is 0.279. The fourth-order valence-corrected chi connectivity index (χ4v) is 2.12. The summed E-state index contributed by atoms with van der Waals surface area (Å²) >= 11 is 0. The summed E-state index contributed by atoms with van der Waals surface area (Å²) in [6.07, 6.45) is 1.96. The maximum atomic E-state index is 5.38. The number of nitrogens with one attached hydrogen (secondary N) is 1. The summed E-state index contributed by atoms with van der Waals surface area (Å²) in [5, 5.41) is 7.50. The van der Waals surface area contributed by atoms with Crippen LogP contribution in [0.1, 0.15) is 58.7 Å². The average molecular weight is 239 g/mol. The molecule has 98 valence electrons. The SMILES string of the molecule is CCCNC(C)C(c1nc(CC)no1)C(C)C. The molecule has 1 N–H and O–H groups in total. The maximum absolute atomic E-state index is 5.38. The Balaban J connectivity index is 2.77. The molecular formula is C13H25N3O. The molecule has 0 saturated carbocycles. The number of hydrogen-bond acceptors (Lipinski definition) is 4. The van der Waals surface area contributed by atoms with Crippen molar-refractivity contribution in [3.8, 4) is 0 Å². The highest BCUT2D eigenvalue weighted by atomic mass is 16.5. The topological polar surface area (TPSA) is 51.0 Å². The van der Waals surface area contributed by atoms with Gasteiger partial charge in [0.1, 0.15) is 0 Å². The summed E-state index contributed by atoms with van der Waals surface area (Å²) in [5.41, 5.74) is 0. The van der Waals surface area contributed by atoms with E-state index in [0.717, 1.165) is 31.1 Å². The second-order valence-electron chi connectivity index (χ2n) is 4.91. The van der Waals surface area contributed by atoms with E-state index in [0.29, 0.717) is 12.0 Å². The molecule has 1 aromatic heterocycles. The van der Waals surface area contributed by atoms with Crippen LogP contribution in [0.15, 0.2) is 4.52 Å². The zero-order chi connectivity index (χ0) is 12.8. The van der Waals surface area contributed by atoms with Gasteiger partial charge in [-0.05, 0) is 25.8 Å². The summed E-state index contributed by atoms with van der Waals surface area (Å²) < 4.78 is 5.38. The molecule has 17 heavy (non-hydrogen) atoms. The van der Waals surface area contributed by atoms with E-state index in [1.54, 1.807) is 0 Å². The summed E-state index contributed by atoms with van der Waals surface area (Å²) in [6.45, 7) is 11.8. The minimum atomic E-state index is 0.286. The van der Waals surface area contributed by atoms with Crippen molar-refractivity contribution >= 4 is 0 Å². The van der Waals surface area contributed by atoms with Gasteiger partial charge < -0.3 is 9.84 Å². The van der Waals surface area contributed by atoms with Gasteiger partial charge in [-0.25, -0.2) is 0 Å². The predicted octanol–water partition coefficient (Wildman–Crippen LogP) is 2.76. The highest BCUT2D eigenvalue weighted by molar-refractivity contribution is 5.00. The Labute approximate surface area is 104 Å². The normalized spacial score (nSPS) is 15.2. The van der Waals surface area contributed by atoms with Crippen molar-refractivity contribution in [1.82, 2.24) is 15.5 Å². The van der Waals surface area contributed by atoms with E-state index < -0.39 is 0 Å². The van der Waals surface area contributed by atoms with Crippen molar-refractivity contribution in [2.45, 2.75) is 59.4 Å². The van der Waals surface area contributed by atoms with Gasteiger partial charge in [-0.1, -0.05) is 32.9 Å². The third kappa shape index (κ3) is 3.80. The zero-order valence-corrected chi connectivity index (χ0v) is 11.7. The van der Waals surface area contributed by atoms with Crippen molar-refractivity contribution in [3.05, 3.63) is 11.7 Å². The molecule has 0 fully saturated rings. The molecule has 1 heterocycles. The molecular weight excluding hydrogens is 214 g/mol. The lowest BCUT2D eigenvalue weighted by Crippen LogP contribution is -2.35. The Hall–Kier alpha value is -0.900. The molecule has 0 amide bonds. The first-order valence-corrected chi connectivity index (χ1v) is 6.65. The van der Waals surface area contributed by atoms with Crippen molar-refractivity contribution in [2.75, 3.05) is 6.54 Å². The molecule has 1 aromatic rings. The smallest absolute Gasteiger partial charge is 0.231 e. The molecule has 2 atom stereocenters. The predicted molar refractivity (Wildman–Crippen MR) is 69.0 cm³/mol. The van der Waals surface area contributed by atoms with Gasteiger partial charge in [0, 0.05) is 12.5 Å². The van der Waals surface area contributed by atoms with Crippen LogP contribution in [0.4, 0.5) is 0 Å². The standard InChI is InChI=1S/C13H25N3O/c1-6-8-14-10(5)12(9(3)4)13-15-11(7-2)16-17-13/h9-10,12,14H,6-8H2,1-5H3. The molecule has 0 aromatic carbocycles. The third-order valence-corrected chi connectivity index (χ3v) is 3.06. The zero-order valence-electron chi connectivity index (χ0n) is 11.7. The van der Waals surface area contributed by atoms with E-state index in [2.05, 4.69) is 43.2 Å². The lowest BCUT2D eigenvalue weighted by atomic mass is 9.89. The molecule has 0 aliphatic carbocycles. The molecule has 4 nitrogen and oxygen atoms in total. The van der Waals surface area contributed by atoms with Crippen LogP contribution in [-0.4, -0.2) is 22.7 Å². The van der Waals surface area contributed by atoms with Crippen LogP contribution in [0.25, 0.3) is 0 Å². The highest BCUT2D eigenvalue weighted by Crippen LogP contribution is 2.26. The van der Waals surface area contributed by atoms with Gasteiger partial charge in [0.15, 0.2) is 5.82 Å². The Morgan fingerprint density at radius 3 is 2.41 bits per heavy atom. The van der Waals surface area contributed by atoms with Crippen molar-refractivity contribution in [2.24, 2.45) is 5.92 Å². The molecule has 0 aliphatic rings. The second-order valence-corrected chi connectivity index (χ2v) is 4.91. The molecule has 0 saturated heterocycles. The molecule has 0 aliphatic heterocycles. The fraction of sp³-hybridized carbons (Fsp3) is 0.846. The minimum Gasteiger partial charge on any atom is -0.339 e. The van der Waals surface area contributed by atoms with Crippen LogP contribution in [0.3, 0.4) is 0 Å². The van der Waals surface area contributed by atoms with Crippen LogP contribution in [0.2, 0.25) is 0 Å². The van der Waals surface area contributed by atoms with Gasteiger partial charge in [-0.2, -0.15) is 4.98 Å². The highest BCUT2D eigenvalue weighted by Gasteiger charge is 2.27. The summed E-state index contributed by atoms with van der Waals surface area (Å²) in [4.78, 5) is 4.46. The first-order valence-electron chi connectivity index (χ1n) is 6.65.